The van der Waals surface area contributed by atoms with Crippen LogP contribution in [0.1, 0.15) is 75.3 Å². The van der Waals surface area contributed by atoms with E-state index in [9.17, 15) is 19.5 Å². The van der Waals surface area contributed by atoms with Crippen molar-refractivity contribution in [2.75, 3.05) is 13.2 Å². The number of alkyl carbamates (subject to hydrolysis) is 1. The van der Waals surface area contributed by atoms with E-state index in [4.69, 9.17) is 4.74 Å². The number of amides is 3. The van der Waals surface area contributed by atoms with Gasteiger partial charge in [0.2, 0.25) is 11.8 Å². The number of carbonyl (C=O) groups excluding carboxylic acids is 3. The molecule has 0 bridgehead atoms. The van der Waals surface area contributed by atoms with Gasteiger partial charge in [0.1, 0.15) is 17.7 Å². The Morgan fingerprint density at radius 2 is 1.63 bits per heavy atom. The molecule has 2 atom stereocenters. The van der Waals surface area contributed by atoms with E-state index >= 15 is 0 Å². The van der Waals surface area contributed by atoms with Gasteiger partial charge in [0.25, 0.3) is 0 Å². The van der Waals surface area contributed by atoms with E-state index < -0.39 is 36.3 Å². The van der Waals surface area contributed by atoms with Crippen molar-refractivity contribution in [2.45, 2.75) is 85.0 Å². The molecule has 0 spiro atoms. The summed E-state index contributed by atoms with van der Waals surface area (Å²) in [6.07, 6.45) is 1.64. The first-order valence-electron chi connectivity index (χ1n) is 13.3. The smallest absolute Gasteiger partial charge is 0.408 e. The molecule has 8 heteroatoms. The van der Waals surface area contributed by atoms with Gasteiger partial charge in [-0.05, 0) is 52.2 Å². The molecule has 0 saturated heterocycles. The van der Waals surface area contributed by atoms with E-state index in [-0.39, 0.29) is 12.5 Å². The van der Waals surface area contributed by atoms with Gasteiger partial charge in [-0.1, -0.05) is 79.4 Å². The lowest BCUT2D eigenvalue weighted by molar-refractivity contribution is -0.143. The van der Waals surface area contributed by atoms with Crippen LogP contribution in [0.15, 0.2) is 48.5 Å². The molecule has 2 aromatic rings. The Morgan fingerprint density at radius 1 is 1.00 bits per heavy atom. The molecule has 208 valence electrons. The Labute approximate surface area is 226 Å². The topological polar surface area (TPSA) is 108 Å². The molecule has 38 heavy (non-hydrogen) atoms. The van der Waals surface area contributed by atoms with Crippen molar-refractivity contribution in [3.05, 3.63) is 70.8 Å². The Morgan fingerprint density at radius 3 is 2.18 bits per heavy atom. The van der Waals surface area contributed by atoms with Gasteiger partial charge in [0.15, 0.2) is 0 Å². The van der Waals surface area contributed by atoms with Crippen molar-refractivity contribution in [2.24, 2.45) is 0 Å². The van der Waals surface area contributed by atoms with Crippen LogP contribution in [0, 0.1) is 13.8 Å². The molecule has 2 unspecified atom stereocenters. The first-order chi connectivity index (χ1) is 17.9. The summed E-state index contributed by atoms with van der Waals surface area (Å²) in [5, 5.41) is 15.5. The third kappa shape index (κ3) is 9.82. The third-order valence-corrected chi connectivity index (χ3v) is 5.89. The number of benzene rings is 2. The fourth-order valence-electron chi connectivity index (χ4n) is 4.26. The monoisotopic (exact) mass is 525 g/mol. The van der Waals surface area contributed by atoms with Gasteiger partial charge in [-0.15, -0.1) is 0 Å². The number of ether oxygens (including phenoxy) is 1. The number of nitrogens with one attached hydrogen (secondary N) is 2. The second-order valence-corrected chi connectivity index (χ2v) is 10.6. The van der Waals surface area contributed by atoms with Crippen LogP contribution in [0.4, 0.5) is 4.79 Å². The molecule has 0 aliphatic rings. The minimum Gasteiger partial charge on any atom is -0.444 e. The van der Waals surface area contributed by atoms with E-state index in [1.54, 1.807) is 20.8 Å². The Bertz CT molecular complexity index is 1050. The number of rotatable bonds is 12. The molecule has 3 amide bonds. The number of nitrogens with zero attached hydrogens (tertiary/aromatic N) is 1. The molecular formula is C30H43N3O5. The van der Waals surface area contributed by atoms with Crippen molar-refractivity contribution in [1.82, 2.24) is 15.5 Å². The lowest BCUT2D eigenvalue weighted by Gasteiger charge is -2.34. The molecule has 0 aromatic heterocycles. The van der Waals surface area contributed by atoms with Crippen LogP contribution in [-0.4, -0.2) is 52.7 Å². The van der Waals surface area contributed by atoms with E-state index in [1.807, 2.05) is 62.4 Å². The molecule has 0 aliphatic carbocycles. The average molecular weight is 526 g/mol. The molecule has 0 fully saturated rings. The maximum absolute atomic E-state index is 13.8. The van der Waals surface area contributed by atoms with E-state index in [0.29, 0.717) is 18.5 Å². The standard InChI is InChI=1S/C30H43N3O5/c1-7-8-12-15-33(28(36)25(20-34)32-29(37)38-30(4,5)6)26(24-17-21(2)16-22(3)18-24)27(35)31-19-23-13-10-9-11-14-23/h9-11,13-14,16-18,25-26,34H,7-8,12,15,19-20H2,1-6H3,(H,31,35)(H,32,37). The molecule has 0 radical (unpaired) electrons. The SMILES string of the molecule is CCCCCN(C(=O)C(CO)NC(=O)OC(C)(C)C)C(C(=O)NCc1ccccc1)c1cc(C)cc(C)c1. The highest BCUT2D eigenvalue weighted by Crippen LogP contribution is 2.26. The zero-order valence-electron chi connectivity index (χ0n) is 23.5. The van der Waals surface area contributed by atoms with Crippen LogP contribution in [0.3, 0.4) is 0 Å². The molecule has 2 rings (SSSR count). The van der Waals surface area contributed by atoms with Gasteiger partial charge in [0.05, 0.1) is 6.61 Å². The zero-order chi connectivity index (χ0) is 28.3. The van der Waals surface area contributed by atoms with Crippen LogP contribution in [0.2, 0.25) is 0 Å². The minimum absolute atomic E-state index is 0.287. The third-order valence-electron chi connectivity index (χ3n) is 5.89. The summed E-state index contributed by atoms with van der Waals surface area (Å²) < 4.78 is 5.30. The lowest BCUT2D eigenvalue weighted by Crippen LogP contribution is -2.54. The second kappa shape index (κ2) is 14.5. The summed E-state index contributed by atoms with van der Waals surface area (Å²) in [6.45, 7) is 11.0. The second-order valence-electron chi connectivity index (χ2n) is 10.6. The lowest BCUT2D eigenvalue weighted by atomic mass is 9.98. The van der Waals surface area contributed by atoms with Crippen molar-refractivity contribution in [1.29, 1.82) is 0 Å². The maximum Gasteiger partial charge on any atom is 0.408 e. The summed E-state index contributed by atoms with van der Waals surface area (Å²) >= 11 is 0. The number of aryl methyl sites for hydroxylation is 2. The number of aliphatic hydroxyl groups excluding tert-OH is 1. The van der Waals surface area contributed by atoms with E-state index in [1.165, 1.54) is 4.90 Å². The molecule has 2 aromatic carbocycles. The van der Waals surface area contributed by atoms with Crippen LogP contribution in [0.25, 0.3) is 0 Å². The molecule has 0 heterocycles. The van der Waals surface area contributed by atoms with Gasteiger partial charge in [0, 0.05) is 13.1 Å². The van der Waals surface area contributed by atoms with Gasteiger partial charge in [-0.25, -0.2) is 4.79 Å². The fraction of sp³-hybridized carbons (Fsp3) is 0.500. The van der Waals surface area contributed by atoms with E-state index in [0.717, 1.165) is 29.5 Å². The molecule has 8 nitrogen and oxygen atoms in total. The number of carbonyl (C=O) groups is 3. The molecule has 3 N–H and O–H groups in total. The number of unbranched alkanes of at least 4 members (excludes halogenated alkanes) is 2. The van der Waals surface area contributed by atoms with Gasteiger partial charge < -0.3 is 25.4 Å². The van der Waals surface area contributed by atoms with Crippen molar-refractivity contribution in [3.8, 4) is 0 Å². The predicted molar refractivity (Wildman–Crippen MR) is 148 cm³/mol. The van der Waals surface area contributed by atoms with E-state index in [2.05, 4.69) is 17.6 Å². The fourth-order valence-corrected chi connectivity index (χ4v) is 4.26. The summed E-state index contributed by atoms with van der Waals surface area (Å²) in [5.74, 6) is -0.883. The minimum atomic E-state index is -1.26. The van der Waals surface area contributed by atoms with Crippen LogP contribution in [-0.2, 0) is 20.9 Å². The van der Waals surface area contributed by atoms with Gasteiger partial charge >= 0.3 is 6.09 Å². The Hall–Kier alpha value is -3.39. The van der Waals surface area contributed by atoms with Crippen molar-refractivity contribution >= 4 is 17.9 Å². The van der Waals surface area contributed by atoms with Crippen LogP contribution in [0.5, 0.6) is 0 Å². The van der Waals surface area contributed by atoms with Crippen LogP contribution >= 0.6 is 0 Å². The molecule has 0 aliphatic heterocycles. The largest absolute Gasteiger partial charge is 0.444 e. The summed E-state index contributed by atoms with van der Waals surface area (Å²) in [6, 6.07) is 13.1. The Kier molecular flexibility index (Phi) is 11.8. The summed E-state index contributed by atoms with van der Waals surface area (Å²) in [5.41, 5.74) is 2.77. The highest BCUT2D eigenvalue weighted by Gasteiger charge is 2.36. The summed E-state index contributed by atoms with van der Waals surface area (Å²) in [4.78, 5) is 41.5. The predicted octanol–water partition coefficient (Wildman–Crippen LogP) is 4.57. The van der Waals surface area contributed by atoms with Crippen molar-refractivity contribution < 1.29 is 24.2 Å². The van der Waals surface area contributed by atoms with Gasteiger partial charge in [-0.2, -0.15) is 0 Å². The quantitative estimate of drug-likeness (QED) is 0.352. The Balaban J connectivity index is 2.45. The molecular weight excluding hydrogens is 482 g/mol. The van der Waals surface area contributed by atoms with Gasteiger partial charge in [-0.3, -0.25) is 9.59 Å². The first kappa shape index (κ1) is 30.8. The van der Waals surface area contributed by atoms with Crippen molar-refractivity contribution in [3.63, 3.8) is 0 Å². The van der Waals surface area contributed by atoms with Crippen LogP contribution < -0.4 is 10.6 Å². The first-order valence-corrected chi connectivity index (χ1v) is 13.3. The number of hydrogen-bond donors (Lipinski definition) is 3. The normalized spacial score (nSPS) is 12.8. The maximum atomic E-state index is 13.8. The number of hydrogen-bond acceptors (Lipinski definition) is 5. The molecule has 0 saturated carbocycles. The highest BCUT2D eigenvalue weighted by molar-refractivity contribution is 5.92. The average Bonchev–Trinajstić information content (AvgIpc) is 2.84. The summed E-state index contributed by atoms with van der Waals surface area (Å²) in [7, 11) is 0. The highest BCUT2D eigenvalue weighted by atomic mass is 16.6. The number of aliphatic hydroxyl groups is 1. The zero-order valence-corrected chi connectivity index (χ0v) is 23.5.